The largest absolute Gasteiger partial charge is 0.872 e. The molecule has 3 atom stereocenters. The molecule has 0 aromatic heterocycles. The molecule has 1 aromatic carbocycles. The van der Waals surface area contributed by atoms with Gasteiger partial charge in [-0.1, -0.05) is 51.5 Å². The van der Waals surface area contributed by atoms with Crippen molar-refractivity contribution in [3.8, 4) is 5.75 Å². The highest BCUT2D eigenvalue weighted by Gasteiger charge is 2.84. The summed E-state index contributed by atoms with van der Waals surface area (Å²) in [4.78, 5) is 11.6. The molecule has 0 bridgehead atoms. The predicted molar refractivity (Wildman–Crippen MR) is 78.8 cm³/mol. The Morgan fingerprint density at radius 2 is 2.00 bits per heavy atom. The number of hydrogen-bond acceptors (Lipinski definition) is 4. The quantitative estimate of drug-likeness (QED) is 0.787. The Kier molecular flexibility index (Phi) is 2.80. The summed E-state index contributed by atoms with van der Waals surface area (Å²) in [7, 11) is 0. The van der Waals surface area contributed by atoms with Crippen LogP contribution in [0.1, 0.15) is 52.0 Å². The highest BCUT2D eigenvalue weighted by molar-refractivity contribution is 5.37. The van der Waals surface area contributed by atoms with Crippen molar-refractivity contribution in [1.29, 1.82) is 0 Å². The highest BCUT2D eigenvalue weighted by atomic mass is 17.3. The van der Waals surface area contributed by atoms with Gasteiger partial charge in [-0.15, -0.1) is 5.75 Å². The van der Waals surface area contributed by atoms with E-state index >= 15 is 0 Å². The zero-order valence-corrected chi connectivity index (χ0v) is 13.5. The third-order valence-electron chi connectivity index (χ3n) is 6.35. The summed E-state index contributed by atoms with van der Waals surface area (Å²) in [5, 5.41) is 11.8. The molecule has 1 aliphatic carbocycles. The van der Waals surface area contributed by atoms with E-state index in [-0.39, 0.29) is 16.6 Å². The topological polar surface area (TPSA) is 50.8 Å². The average molecular weight is 303 g/mol. The molecule has 4 heteroatoms. The molecular formula is C18H23O4-. The first-order chi connectivity index (χ1) is 10.4. The van der Waals surface area contributed by atoms with Gasteiger partial charge in [0.05, 0.1) is 6.61 Å². The lowest BCUT2D eigenvalue weighted by Gasteiger charge is -2.65. The van der Waals surface area contributed by atoms with E-state index in [4.69, 9.17) is 14.5 Å². The van der Waals surface area contributed by atoms with Crippen molar-refractivity contribution < 1.29 is 19.6 Å². The van der Waals surface area contributed by atoms with Crippen LogP contribution in [-0.2, 0) is 20.3 Å². The Morgan fingerprint density at radius 1 is 1.18 bits per heavy atom. The van der Waals surface area contributed by atoms with Gasteiger partial charge in [-0.25, -0.2) is 4.89 Å². The van der Waals surface area contributed by atoms with Crippen molar-refractivity contribution in [3.05, 3.63) is 29.8 Å². The van der Waals surface area contributed by atoms with Crippen molar-refractivity contribution in [2.24, 2.45) is 10.8 Å². The summed E-state index contributed by atoms with van der Waals surface area (Å²) in [5.74, 6) is -0.961. The molecule has 4 rings (SSSR count). The van der Waals surface area contributed by atoms with Gasteiger partial charge in [-0.05, 0) is 19.3 Å². The summed E-state index contributed by atoms with van der Waals surface area (Å²) in [5.41, 5.74) is 0.144. The Labute approximate surface area is 131 Å². The fourth-order valence-electron chi connectivity index (χ4n) is 5.24. The Bertz CT molecular complexity index is 613. The van der Waals surface area contributed by atoms with E-state index in [2.05, 4.69) is 20.8 Å². The van der Waals surface area contributed by atoms with Crippen LogP contribution in [0.15, 0.2) is 24.3 Å². The maximum absolute atomic E-state index is 11.8. The molecule has 4 nitrogen and oxygen atoms in total. The van der Waals surface area contributed by atoms with Crippen molar-refractivity contribution in [1.82, 2.24) is 0 Å². The monoisotopic (exact) mass is 303 g/mol. The van der Waals surface area contributed by atoms with Crippen LogP contribution in [0.5, 0.6) is 5.75 Å². The molecule has 120 valence electrons. The van der Waals surface area contributed by atoms with Crippen LogP contribution in [0.25, 0.3) is 0 Å². The number of benzene rings is 1. The van der Waals surface area contributed by atoms with Gasteiger partial charge in [0.15, 0.2) is 5.60 Å². The highest BCUT2D eigenvalue weighted by Crippen LogP contribution is 2.74. The van der Waals surface area contributed by atoms with Crippen molar-refractivity contribution in [2.45, 2.75) is 57.8 Å². The first kappa shape index (κ1) is 14.5. The first-order valence-corrected chi connectivity index (χ1v) is 8.21. The van der Waals surface area contributed by atoms with Crippen LogP contribution in [0, 0.1) is 10.8 Å². The third-order valence-corrected chi connectivity index (χ3v) is 6.35. The second kappa shape index (κ2) is 4.25. The third kappa shape index (κ3) is 1.35. The van der Waals surface area contributed by atoms with Crippen molar-refractivity contribution in [2.75, 3.05) is 6.61 Å². The summed E-state index contributed by atoms with van der Waals surface area (Å²) < 4.78 is 6.26. The van der Waals surface area contributed by atoms with E-state index in [1.807, 2.05) is 6.07 Å². The minimum atomic E-state index is -0.937. The second-order valence-electron chi connectivity index (χ2n) is 7.65. The lowest BCUT2D eigenvalue weighted by atomic mass is 9.49. The number of rotatable bonds is 2. The van der Waals surface area contributed by atoms with Gasteiger partial charge in [-0.2, -0.15) is 4.89 Å². The molecule has 1 saturated carbocycles. The summed E-state index contributed by atoms with van der Waals surface area (Å²) in [6.07, 6.45) is 4.31. The van der Waals surface area contributed by atoms with Gasteiger partial charge in [-0.3, -0.25) is 0 Å². The number of ether oxygens (including phenoxy) is 1. The van der Waals surface area contributed by atoms with E-state index in [0.717, 1.165) is 24.8 Å². The van der Waals surface area contributed by atoms with Crippen molar-refractivity contribution >= 4 is 0 Å². The Morgan fingerprint density at radius 3 is 2.64 bits per heavy atom. The van der Waals surface area contributed by atoms with Gasteiger partial charge in [0, 0.05) is 16.4 Å². The van der Waals surface area contributed by atoms with Gasteiger partial charge < -0.3 is 9.84 Å². The van der Waals surface area contributed by atoms with Crippen molar-refractivity contribution in [3.63, 3.8) is 0 Å². The SMILES string of the molecule is CC[C@]12CCCC(C)(C)[C@]13OO[C@]3(c1cccc([O-])c1)OC2. The fourth-order valence-corrected chi connectivity index (χ4v) is 5.24. The molecule has 22 heavy (non-hydrogen) atoms. The standard InChI is InChI=1S/C18H24O4/c1-4-16-10-6-9-15(2,3)18(16)17(20-12-16,21-22-18)13-7-5-8-14(19)11-13/h5,7-8,11,19H,4,6,9-10,12H2,1-3H3/p-1/t16-,17+,18+/m1/s1. The Balaban J connectivity index is 1.92. The zero-order valence-electron chi connectivity index (χ0n) is 13.5. The van der Waals surface area contributed by atoms with E-state index < -0.39 is 11.4 Å². The lowest BCUT2D eigenvalue weighted by Crippen LogP contribution is -2.75. The number of hydrogen-bond donors (Lipinski definition) is 0. The fraction of sp³-hybridized carbons (Fsp3) is 0.667. The molecule has 0 radical (unpaired) electrons. The predicted octanol–water partition coefficient (Wildman–Crippen LogP) is 3.25. The molecule has 0 unspecified atom stereocenters. The van der Waals surface area contributed by atoms with E-state index in [0.29, 0.717) is 6.61 Å². The summed E-state index contributed by atoms with van der Waals surface area (Å²) in [6, 6.07) is 6.87. The Hall–Kier alpha value is -1.10. The smallest absolute Gasteiger partial charge is 0.261 e. The van der Waals surface area contributed by atoms with Crippen LogP contribution >= 0.6 is 0 Å². The molecule has 1 aromatic rings. The van der Waals surface area contributed by atoms with Crippen LogP contribution in [-0.4, -0.2) is 12.2 Å². The minimum Gasteiger partial charge on any atom is -0.872 e. The molecule has 3 fully saturated rings. The van der Waals surface area contributed by atoms with Crippen LogP contribution < -0.4 is 5.11 Å². The molecular weight excluding hydrogens is 280 g/mol. The van der Waals surface area contributed by atoms with Gasteiger partial charge >= 0.3 is 0 Å². The van der Waals surface area contributed by atoms with Gasteiger partial charge in [0.25, 0.3) is 5.79 Å². The van der Waals surface area contributed by atoms with E-state index in [1.54, 1.807) is 18.2 Å². The molecule has 2 saturated heterocycles. The molecule has 3 aliphatic rings. The zero-order chi connectivity index (χ0) is 15.6. The lowest BCUT2D eigenvalue weighted by molar-refractivity contribution is -0.631. The molecule has 2 heterocycles. The summed E-state index contributed by atoms with van der Waals surface area (Å²) >= 11 is 0. The van der Waals surface area contributed by atoms with Gasteiger partial charge in [0.2, 0.25) is 0 Å². The van der Waals surface area contributed by atoms with Crippen LogP contribution in [0.3, 0.4) is 0 Å². The van der Waals surface area contributed by atoms with E-state index in [1.165, 1.54) is 6.42 Å². The molecule has 0 N–H and O–H groups in total. The average Bonchev–Trinajstić information content (AvgIpc) is 2.66. The first-order valence-electron chi connectivity index (χ1n) is 8.21. The minimum absolute atomic E-state index is 0.0243. The van der Waals surface area contributed by atoms with Gasteiger partial charge in [0.1, 0.15) is 0 Å². The summed E-state index contributed by atoms with van der Waals surface area (Å²) in [6.45, 7) is 7.30. The second-order valence-corrected chi connectivity index (χ2v) is 7.65. The van der Waals surface area contributed by atoms with Crippen LogP contribution in [0.4, 0.5) is 0 Å². The van der Waals surface area contributed by atoms with E-state index in [9.17, 15) is 5.11 Å². The molecule has 2 aliphatic heterocycles. The normalized spacial score (nSPS) is 42.3. The maximum Gasteiger partial charge on any atom is 0.261 e. The molecule has 1 spiro atoms. The molecule has 0 amide bonds. The van der Waals surface area contributed by atoms with Crippen LogP contribution in [0.2, 0.25) is 0 Å². The maximum atomic E-state index is 11.8.